The van der Waals surface area contributed by atoms with Gasteiger partial charge in [-0.25, -0.2) is 4.79 Å². The Kier molecular flexibility index (Phi) is 3.95. The van der Waals surface area contributed by atoms with Crippen molar-refractivity contribution in [1.29, 1.82) is 0 Å². The first-order valence-corrected chi connectivity index (χ1v) is 3.04. The Morgan fingerprint density at radius 2 is 2.09 bits per heavy atom. The summed E-state index contributed by atoms with van der Waals surface area (Å²) in [5.41, 5.74) is 0.149. The van der Waals surface area contributed by atoms with Crippen molar-refractivity contribution in [3.8, 4) is 0 Å². The molecule has 0 amide bonds. The third-order valence-electron chi connectivity index (χ3n) is 1.14. The number of hydrogen-bond acceptors (Lipinski definition) is 3. The van der Waals surface area contributed by atoms with Gasteiger partial charge in [-0.1, -0.05) is 6.08 Å². The summed E-state index contributed by atoms with van der Waals surface area (Å²) in [5.74, 6) is -1.46. The standard InChI is InChI=1S/C7H10O4/c1-5(7(9)10)3-4-6(8)11-2/h3H,4H2,1-2H3,(H,9,10)/b5-3-. The van der Waals surface area contributed by atoms with Crippen molar-refractivity contribution in [1.82, 2.24) is 0 Å². The predicted molar refractivity (Wildman–Crippen MR) is 38.0 cm³/mol. The van der Waals surface area contributed by atoms with E-state index in [9.17, 15) is 9.59 Å². The van der Waals surface area contributed by atoms with E-state index in [4.69, 9.17) is 5.11 Å². The van der Waals surface area contributed by atoms with E-state index in [1.54, 1.807) is 0 Å². The number of aliphatic carboxylic acids is 1. The van der Waals surface area contributed by atoms with E-state index in [-0.39, 0.29) is 12.0 Å². The SMILES string of the molecule is COC(=O)C/C=C(/C)C(=O)O. The van der Waals surface area contributed by atoms with Crippen LogP contribution in [0.3, 0.4) is 0 Å². The number of methoxy groups -OCH3 is 1. The Morgan fingerprint density at radius 3 is 2.45 bits per heavy atom. The number of hydrogen-bond donors (Lipinski definition) is 1. The Bertz CT molecular complexity index is 193. The van der Waals surface area contributed by atoms with Crippen molar-refractivity contribution in [2.24, 2.45) is 0 Å². The van der Waals surface area contributed by atoms with Gasteiger partial charge in [-0.05, 0) is 6.92 Å². The first-order chi connectivity index (χ1) is 5.07. The topological polar surface area (TPSA) is 63.6 Å². The average molecular weight is 158 g/mol. The fourth-order valence-corrected chi connectivity index (χ4v) is 0.407. The second-order valence-electron chi connectivity index (χ2n) is 1.97. The van der Waals surface area contributed by atoms with E-state index in [1.165, 1.54) is 20.1 Å². The third kappa shape index (κ3) is 4.13. The molecule has 0 saturated carbocycles. The summed E-state index contributed by atoms with van der Waals surface area (Å²) in [7, 11) is 1.26. The first kappa shape index (κ1) is 9.68. The molecule has 0 heterocycles. The number of carbonyl (C=O) groups excluding carboxylic acids is 1. The minimum Gasteiger partial charge on any atom is -0.478 e. The van der Waals surface area contributed by atoms with Gasteiger partial charge in [0, 0.05) is 5.57 Å². The molecule has 62 valence electrons. The second-order valence-corrected chi connectivity index (χ2v) is 1.97. The number of ether oxygens (including phenoxy) is 1. The molecule has 0 aromatic rings. The van der Waals surface area contributed by atoms with Crippen LogP contribution in [0.5, 0.6) is 0 Å². The Labute approximate surface area is 64.5 Å². The van der Waals surface area contributed by atoms with Crippen LogP contribution in [-0.4, -0.2) is 24.2 Å². The van der Waals surface area contributed by atoms with Crippen molar-refractivity contribution in [3.63, 3.8) is 0 Å². The lowest BCUT2D eigenvalue weighted by molar-refractivity contribution is -0.139. The lowest BCUT2D eigenvalue weighted by Crippen LogP contribution is -2.01. The molecule has 0 rings (SSSR count). The lowest BCUT2D eigenvalue weighted by Gasteiger charge is -1.93. The normalized spacial score (nSPS) is 10.9. The minimum absolute atomic E-state index is 0.00856. The molecule has 0 unspecified atom stereocenters. The number of carboxylic acid groups (broad SMARTS) is 1. The smallest absolute Gasteiger partial charge is 0.330 e. The van der Waals surface area contributed by atoms with Gasteiger partial charge in [0.15, 0.2) is 0 Å². The fraction of sp³-hybridized carbons (Fsp3) is 0.429. The Hall–Kier alpha value is -1.32. The molecule has 0 bridgehead atoms. The zero-order chi connectivity index (χ0) is 8.85. The Morgan fingerprint density at radius 1 is 1.55 bits per heavy atom. The predicted octanol–water partition coefficient (Wildman–Crippen LogP) is 0.580. The minimum atomic E-state index is -1.02. The molecule has 4 heteroatoms. The van der Waals surface area contributed by atoms with E-state index >= 15 is 0 Å². The molecule has 0 spiro atoms. The zero-order valence-corrected chi connectivity index (χ0v) is 6.46. The first-order valence-electron chi connectivity index (χ1n) is 3.04. The summed E-state index contributed by atoms with van der Waals surface area (Å²) >= 11 is 0. The molecule has 0 aromatic carbocycles. The van der Waals surface area contributed by atoms with Crippen LogP contribution in [0, 0.1) is 0 Å². The van der Waals surface area contributed by atoms with Gasteiger partial charge in [-0.15, -0.1) is 0 Å². The lowest BCUT2D eigenvalue weighted by atomic mass is 10.2. The van der Waals surface area contributed by atoms with E-state index in [0.717, 1.165) is 0 Å². The van der Waals surface area contributed by atoms with Gasteiger partial charge in [0.25, 0.3) is 0 Å². The summed E-state index contributed by atoms with van der Waals surface area (Å²) in [6.45, 7) is 1.42. The summed E-state index contributed by atoms with van der Waals surface area (Å²) < 4.78 is 4.30. The van der Waals surface area contributed by atoms with Crippen LogP contribution in [-0.2, 0) is 14.3 Å². The highest BCUT2D eigenvalue weighted by Gasteiger charge is 2.01. The number of carbonyl (C=O) groups is 2. The molecular weight excluding hydrogens is 148 g/mol. The van der Waals surface area contributed by atoms with Crippen molar-refractivity contribution in [2.45, 2.75) is 13.3 Å². The van der Waals surface area contributed by atoms with Crippen molar-refractivity contribution < 1.29 is 19.4 Å². The molecule has 1 N–H and O–H groups in total. The van der Waals surface area contributed by atoms with Crippen LogP contribution in [0.15, 0.2) is 11.6 Å². The summed E-state index contributed by atoms with van der Waals surface area (Å²) in [6.07, 6.45) is 1.32. The van der Waals surface area contributed by atoms with E-state index in [0.29, 0.717) is 0 Å². The molecule has 0 aliphatic heterocycles. The average Bonchev–Trinajstić information content (AvgIpc) is 1.99. The van der Waals surface area contributed by atoms with Gasteiger partial charge in [-0.3, -0.25) is 4.79 Å². The summed E-state index contributed by atoms with van der Waals surface area (Å²) in [4.78, 5) is 20.7. The largest absolute Gasteiger partial charge is 0.478 e. The number of carboxylic acids is 1. The highest BCUT2D eigenvalue weighted by atomic mass is 16.5. The Balaban J connectivity index is 3.92. The molecule has 11 heavy (non-hydrogen) atoms. The maximum absolute atomic E-state index is 10.5. The van der Waals surface area contributed by atoms with Crippen LogP contribution in [0.1, 0.15) is 13.3 Å². The van der Waals surface area contributed by atoms with Gasteiger partial charge >= 0.3 is 11.9 Å². The number of rotatable bonds is 3. The maximum atomic E-state index is 10.5. The van der Waals surface area contributed by atoms with Crippen LogP contribution in [0.2, 0.25) is 0 Å². The molecule has 0 fully saturated rings. The van der Waals surface area contributed by atoms with Gasteiger partial charge in [0.2, 0.25) is 0 Å². The molecular formula is C7H10O4. The molecule has 0 atom stereocenters. The van der Waals surface area contributed by atoms with Crippen molar-refractivity contribution in [2.75, 3.05) is 7.11 Å². The van der Waals surface area contributed by atoms with Crippen LogP contribution < -0.4 is 0 Å². The fourth-order valence-electron chi connectivity index (χ4n) is 0.407. The highest BCUT2D eigenvalue weighted by Crippen LogP contribution is 1.95. The number of esters is 1. The quantitative estimate of drug-likeness (QED) is 0.482. The zero-order valence-electron chi connectivity index (χ0n) is 6.46. The molecule has 0 radical (unpaired) electrons. The van der Waals surface area contributed by atoms with Gasteiger partial charge in [0.1, 0.15) is 0 Å². The van der Waals surface area contributed by atoms with Crippen LogP contribution in [0.25, 0.3) is 0 Å². The van der Waals surface area contributed by atoms with Crippen LogP contribution >= 0.6 is 0 Å². The summed E-state index contributed by atoms with van der Waals surface area (Å²) in [5, 5.41) is 8.35. The third-order valence-corrected chi connectivity index (χ3v) is 1.14. The van der Waals surface area contributed by atoms with E-state index in [2.05, 4.69) is 4.74 Å². The molecule has 0 aromatic heterocycles. The van der Waals surface area contributed by atoms with Crippen molar-refractivity contribution in [3.05, 3.63) is 11.6 Å². The molecule has 0 saturated heterocycles. The van der Waals surface area contributed by atoms with E-state index < -0.39 is 11.9 Å². The second kappa shape index (κ2) is 4.49. The highest BCUT2D eigenvalue weighted by molar-refractivity contribution is 5.86. The molecule has 4 nitrogen and oxygen atoms in total. The van der Waals surface area contributed by atoms with Crippen molar-refractivity contribution >= 4 is 11.9 Å². The van der Waals surface area contributed by atoms with E-state index in [1.807, 2.05) is 0 Å². The molecule has 0 aliphatic rings. The van der Waals surface area contributed by atoms with Gasteiger partial charge < -0.3 is 9.84 Å². The molecule has 0 aliphatic carbocycles. The summed E-state index contributed by atoms with van der Waals surface area (Å²) in [6, 6.07) is 0. The van der Waals surface area contributed by atoms with Crippen LogP contribution in [0.4, 0.5) is 0 Å². The maximum Gasteiger partial charge on any atom is 0.330 e. The van der Waals surface area contributed by atoms with Gasteiger partial charge in [-0.2, -0.15) is 0 Å². The van der Waals surface area contributed by atoms with Gasteiger partial charge in [0.05, 0.1) is 13.5 Å². The monoisotopic (exact) mass is 158 g/mol.